The van der Waals surface area contributed by atoms with E-state index in [0.717, 1.165) is 60.3 Å². The van der Waals surface area contributed by atoms with Crippen molar-refractivity contribution in [2.24, 2.45) is 0 Å². The van der Waals surface area contributed by atoms with Crippen LogP contribution in [0.5, 0.6) is 0 Å². The standard InChI is InChI=1S/C22H24FN5O2.CH4O2S/c1-14(29)27-7-5-15(6-8-27)18-9-17-12-30-11-16-3-2-4-20(23)19(16)10-24-21(17)28-13-25-26-22(18)28;1-4(2)3/h2-4,9,13,15,24H,5-8,10-12H2,1H3;4H,1H3. The van der Waals surface area contributed by atoms with Crippen LogP contribution in [0.25, 0.3) is 5.65 Å². The predicted octanol–water partition coefficient (Wildman–Crippen LogP) is 2.46. The van der Waals surface area contributed by atoms with E-state index in [1.54, 1.807) is 19.3 Å². The van der Waals surface area contributed by atoms with Crippen LogP contribution in [0.1, 0.15) is 47.9 Å². The summed E-state index contributed by atoms with van der Waals surface area (Å²) in [5, 5.41) is 11.9. The number of carbonyl (C=O) groups is 1. The number of anilines is 1. The average Bonchev–Trinajstić information content (AvgIpc) is 3.30. The zero-order valence-corrected chi connectivity index (χ0v) is 20.1. The molecule has 3 aromatic rings. The molecule has 1 N–H and O–H groups in total. The molecule has 0 spiro atoms. The highest BCUT2D eigenvalue weighted by Crippen LogP contribution is 2.34. The van der Waals surface area contributed by atoms with E-state index in [1.165, 1.54) is 6.07 Å². The van der Waals surface area contributed by atoms with Gasteiger partial charge in [0.25, 0.3) is 0 Å². The average molecular weight is 490 g/mol. The first-order valence-electron chi connectivity index (χ1n) is 11.1. The number of fused-ring (bicyclic) bond motifs is 4. The molecule has 11 heteroatoms. The number of benzene rings is 1. The molecule has 2 aliphatic rings. The summed E-state index contributed by atoms with van der Waals surface area (Å²) in [4.78, 5) is 13.6. The fourth-order valence-electron chi connectivity index (χ4n) is 4.56. The van der Waals surface area contributed by atoms with Crippen LogP contribution in [-0.4, -0.2) is 53.2 Å². The Morgan fingerprint density at radius 2 is 1.91 bits per heavy atom. The Morgan fingerprint density at radius 1 is 1.21 bits per heavy atom. The molecule has 0 saturated carbocycles. The Bertz CT molecular complexity index is 1260. The number of halogens is 1. The van der Waals surface area contributed by atoms with Gasteiger partial charge in [-0.15, -0.1) is 10.2 Å². The quantitative estimate of drug-likeness (QED) is 0.506. The van der Waals surface area contributed by atoms with E-state index in [1.807, 2.05) is 15.4 Å². The van der Waals surface area contributed by atoms with Crippen LogP contribution in [0.4, 0.5) is 10.2 Å². The molecule has 9 nitrogen and oxygen atoms in total. The van der Waals surface area contributed by atoms with Crippen LogP contribution in [0.15, 0.2) is 30.6 Å². The molecule has 1 aromatic carbocycles. The lowest BCUT2D eigenvalue weighted by Crippen LogP contribution is -2.36. The molecule has 0 aliphatic carbocycles. The Morgan fingerprint density at radius 3 is 2.62 bits per heavy atom. The van der Waals surface area contributed by atoms with E-state index in [4.69, 9.17) is 13.2 Å². The van der Waals surface area contributed by atoms with Gasteiger partial charge in [0.1, 0.15) is 28.7 Å². The molecular formula is C23H28FN5O4S. The van der Waals surface area contributed by atoms with Gasteiger partial charge in [-0.25, -0.2) is 12.8 Å². The number of ether oxygens (including phenoxy) is 1. The van der Waals surface area contributed by atoms with Crippen molar-refractivity contribution in [1.29, 1.82) is 0 Å². The van der Waals surface area contributed by atoms with Gasteiger partial charge in [-0.2, -0.15) is 0 Å². The van der Waals surface area contributed by atoms with Gasteiger partial charge in [0.15, 0.2) is 5.65 Å². The Hall–Kier alpha value is -3.05. The molecule has 2 aromatic heterocycles. The summed E-state index contributed by atoms with van der Waals surface area (Å²) in [5.41, 5.74) is 4.40. The minimum absolute atomic E-state index is 0.125. The minimum Gasteiger partial charge on any atom is -0.372 e. The van der Waals surface area contributed by atoms with Crippen molar-refractivity contribution in [3.8, 4) is 0 Å². The Balaban J connectivity index is 0.000000636. The first-order chi connectivity index (χ1) is 16.3. The summed E-state index contributed by atoms with van der Waals surface area (Å²) in [5.74, 6) is 1.02. The van der Waals surface area contributed by atoms with Gasteiger partial charge in [-0.1, -0.05) is 12.1 Å². The number of carbonyl (C=O) groups excluding carboxylic acids is 1. The molecule has 1 fully saturated rings. The van der Waals surface area contributed by atoms with Gasteiger partial charge in [-0.05, 0) is 36.5 Å². The topological polar surface area (TPSA) is 106 Å². The monoisotopic (exact) mass is 489 g/mol. The van der Waals surface area contributed by atoms with Gasteiger partial charge in [0, 0.05) is 49.5 Å². The number of nitrogens with zero attached hydrogens (tertiary/aromatic N) is 4. The summed E-state index contributed by atoms with van der Waals surface area (Å²) in [6.07, 6.45) is 4.60. The van der Waals surface area contributed by atoms with Crippen molar-refractivity contribution in [2.75, 3.05) is 24.7 Å². The maximum Gasteiger partial charge on any atom is 0.219 e. The van der Waals surface area contributed by atoms with E-state index in [0.29, 0.717) is 31.2 Å². The Labute approximate surface area is 198 Å². The normalized spacial score (nSPS) is 16.4. The van der Waals surface area contributed by atoms with Gasteiger partial charge < -0.3 is 15.0 Å². The zero-order valence-electron chi connectivity index (χ0n) is 19.2. The van der Waals surface area contributed by atoms with Crippen LogP contribution >= 0.6 is 0 Å². The fraction of sp³-hybridized carbons (Fsp3) is 0.435. The second-order valence-electron chi connectivity index (χ2n) is 8.44. The first kappa shape index (κ1) is 24.1. The zero-order chi connectivity index (χ0) is 24.2. The van der Waals surface area contributed by atoms with Gasteiger partial charge in [0.2, 0.25) is 5.91 Å². The van der Waals surface area contributed by atoms with Crippen molar-refractivity contribution in [1.82, 2.24) is 19.5 Å². The number of hydrogen-bond donors (Lipinski definition) is 2. The molecule has 0 radical (unpaired) electrons. The van der Waals surface area contributed by atoms with Crippen LogP contribution in [-0.2, 0) is 40.0 Å². The number of likely N-dealkylation sites (tertiary alicyclic amines) is 1. The highest BCUT2D eigenvalue weighted by Gasteiger charge is 2.26. The molecule has 182 valence electrons. The molecule has 2 aliphatic heterocycles. The highest BCUT2D eigenvalue weighted by molar-refractivity contribution is 7.71. The van der Waals surface area contributed by atoms with Crippen molar-refractivity contribution in [3.63, 3.8) is 0 Å². The van der Waals surface area contributed by atoms with Crippen molar-refractivity contribution < 1.29 is 22.3 Å². The van der Waals surface area contributed by atoms with E-state index in [9.17, 15) is 9.18 Å². The van der Waals surface area contributed by atoms with E-state index >= 15 is 0 Å². The minimum atomic E-state index is -2.12. The second-order valence-corrected chi connectivity index (χ2v) is 9.32. The number of thiol groups is 1. The molecule has 0 bridgehead atoms. The summed E-state index contributed by atoms with van der Waals surface area (Å²) in [7, 11) is -2.12. The van der Waals surface area contributed by atoms with Crippen LogP contribution in [0.3, 0.4) is 0 Å². The summed E-state index contributed by atoms with van der Waals surface area (Å²) in [6, 6.07) is 7.24. The number of hydrogen-bond acceptors (Lipinski definition) is 7. The molecule has 0 atom stereocenters. The highest BCUT2D eigenvalue weighted by atomic mass is 32.2. The maximum atomic E-state index is 14.4. The molecular weight excluding hydrogens is 461 g/mol. The first-order valence-corrected chi connectivity index (χ1v) is 12.7. The van der Waals surface area contributed by atoms with E-state index in [2.05, 4.69) is 21.6 Å². The molecule has 1 amide bonds. The van der Waals surface area contributed by atoms with Crippen LogP contribution < -0.4 is 5.32 Å². The summed E-state index contributed by atoms with van der Waals surface area (Å²) >= 11 is 0. The molecule has 1 saturated heterocycles. The fourth-order valence-corrected chi connectivity index (χ4v) is 4.56. The SMILES string of the molecule is CC(=O)N1CCC(c2cc3c(n4cnnc24)NCc2c(F)cccc2COC3)CC1.C[SH](=O)=O. The van der Waals surface area contributed by atoms with Crippen LogP contribution in [0.2, 0.25) is 0 Å². The third-order valence-electron chi connectivity index (χ3n) is 6.22. The predicted molar refractivity (Wildman–Crippen MR) is 126 cm³/mol. The largest absolute Gasteiger partial charge is 0.372 e. The van der Waals surface area contributed by atoms with Gasteiger partial charge in [0.05, 0.1) is 13.2 Å². The van der Waals surface area contributed by atoms with Gasteiger partial charge in [-0.3, -0.25) is 9.20 Å². The van der Waals surface area contributed by atoms with E-state index in [-0.39, 0.29) is 11.7 Å². The third kappa shape index (κ3) is 5.20. The number of piperidine rings is 1. The third-order valence-corrected chi connectivity index (χ3v) is 6.22. The van der Waals surface area contributed by atoms with Gasteiger partial charge >= 0.3 is 0 Å². The van der Waals surface area contributed by atoms with Crippen molar-refractivity contribution in [3.05, 3.63) is 58.7 Å². The lowest BCUT2D eigenvalue weighted by molar-refractivity contribution is -0.129. The number of pyridine rings is 1. The van der Waals surface area contributed by atoms with E-state index < -0.39 is 10.7 Å². The number of amides is 1. The number of rotatable bonds is 1. The molecule has 0 unspecified atom stereocenters. The molecule has 34 heavy (non-hydrogen) atoms. The number of aromatic nitrogens is 3. The lowest BCUT2D eigenvalue weighted by atomic mass is 9.89. The van der Waals surface area contributed by atoms with Crippen LogP contribution in [0, 0.1) is 5.82 Å². The lowest BCUT2D eigenvalue weighted by Gasteiger charge is -2.32. The Kier molecular flexibility index (Phi) is 7.42. The smallest absolute Gasteiger partial charge is 0.219 e. The summed E-state index contributed by atoms with van der Waals surface area (Å²) < 4.78 is 40.4. The molecule has 4 heterocycles. The maximum absolute atomic E-state index is 14.4. The molecule has 5 rings (SSSR count). The van der Waals surface area contributed by atoms with Crippen molar-refractivity contribution >= 4 is 28.1 Å². The second kappa shape index (κ2) is 10.5. The number of nitrogens with one attached hydrogen (secondary N) is 1. The van der Waals surface area contributed by atoms with Crippen molar-refractivity contribution in [2.45, 2.75) is 45.4 Å². The summed E-state index contributed by atoms with van der Waals surface area (Å²) in [6.45, 7) is 4.26.